The standard InChI is InChI=1S/C22H31N3O3/c1-22(2,3)28-21(27)24-10-8-15(9-11-24)20(26)12-18-16-6-4-5-7-17(16)19-13-23-14-25(18)19/h4-7,13,15,18,20,23,26H,8-12,14H2,1-3H3/t18-,20+/m1/s1. The number of carbonyl (C=O) groups excluding carboxylic acids is 1. The van der Waals surface area contributed by atoms with Crippen LogP contribution in [0, 0.1) is 5.92 Å². The molecule has 1 aromatic rings. The second-order valence-corrected chi connectivity index (χ2v) is 9.07. The molecule has 6 heteroatoms. The van der Waals surface area contributed by atoms with Gasteiger partial charge in [0.25, 0.3) is 0 Å². The lowest BCUT2D eigenvalue weighted by molar-refractivity contribution is 0.00372. The number of aliphatic hydroxyl groups excluding tert-OH is 1. The van der Waals surface area contributed by atoms with Crippen LogP contribution in [0.25, 0.3) is 5.70 Å². The van der Waals surface area contributed by atoms with Gasteiger partial charge in [0, 0.05) is 24.9 Å². The van der Waals surface area contributed by atoms with E-state index in [0.29, 0.717) is 19.5 Å². The Bertz CT molecular complexity index is 763. The molecule has 0 radical (unpaired) electrons. The third-order valence-electron chi connectivity index (χ3n) is 5.98. The number of hydrogen-bond donors (Lipinski definition) is 2. The second-order valence-electron chi connectivity index (χ2n) is 9.07. The maximum Gasteiger partial charge on any atom is 0.410 e. The van der Waals surface area contributed by atoms with Gasteiger partial charge in [0.15, 0.2) is 0 Å². The van der Waals surface area contributed by atoms with Crippen molar-refractivity contribution < 1.29 is 14.6 Å². The summed E-state index contributed by atoms with van der Waals surface area (Å²) in [4.78, 5) is 16.4. The van der Waals surface area contributed by atoms with Crippen LogP contribution in [0.3, 0.4) is 0 Å². The van der Waals surface area contributed by atoms with Crippen LogP contribution in [0.4, 0.5) is 4.79 Å². The highest BCUT2D eigenvalue weighted by Crippen LogP contribution is 2.45. The Morgan fingerprint density at radius 2 is 2.00 bits per heavy atom. The molecule has 3 aliphatic rings. The summed E-state index contributed by atoms with van der Waals surface area (Å²) in [7, 11) is 0. The Morgan fingerprint density at radius 3 is 2.71 bits per heavy atom. The van der Waals surface area contributed by atoms with E-state index in [0.717, 1.165) is 19.5 Å². The number of rotatable bonds is 3. The number of aliphatic hydroxyl groups is 1. The molecule has 1 fully saturated rings. The number of nitrogens with one attached hydrogen (secondary N) is 1. The van der Waals surface area contributed by atoms with Crippen molar-refractivity contribution in [3.8, 4) is 0 Å². The van der Waals surface area contributed by atoms with E-state index in [1.807, 2.05) is 20.8 Å². The highest BCUT2D eigenvalue weighted by molar-refractivity contribution is 5.73. The van der Waals surface area contributed by atoms with Crippen LogP contribution in [-0.4, -0.2) is 52.5 Å². The lowest BCUT2D eigenvalue weighted by atomic mass is 9.86. The normalized spacial score (nSPS) is 23.0. The van der Waals surface area contributed by atoms with Gasteiger partial charge < -0.3 is 25.0 Å². The van der Waals surface area contributed by atoms with Crippen LogP contribution in [0.2, 0.25) is 0 Å². The molecular weight excluding hydrogens is 354 g/mol. The van der Waals surface area contributed by atoms with Gasteiger partial charge >= 0.3 is 6.09 Å². The maximum absolute atomic E-state index is 12.3. The number of piperidine rings is 1. The Balaban J connectivity index is 1.36. The van der Waals surface area contributed by atoms with E-state index in [2.05, 4.69) is 40.7 Å². The summed E-state index contributed by atoms with van der Waals surface area (Å²) in [6.45, 7) is 7.74. The van der Waals surface area contributed by atoms with E-state index in [4.69, 9.17) is 4.74 Å². The highest BCUT2D eigenvalue weighted by atomic mass is 16.6. The van der Waals surface area contributed by atoms with Gasteiger partial charge in [-0.2, -0.15) is 0 Å². The van der Waals surface area contributed by atoms with Crippen molar-refractivity contribution in [1.29, 1.82) is 0 Å². The van der Waals surface area contributed by atoms with Crippen molar-refractivity contribution in [1.82, 2.24) is 15.1 Å². The molecule has 0 bridgehead atoms. The Hall–Kier alpha value is -2.21. The van der Waals surface area contributed by atoms with Crippen LogP contribution in [0.5, 0.6) is 0 Å². The lowest BCUT2D eigenvalue weighted by Gasteiger charge is -2.36. The predicted molar refractivity (Wildman–Crippen MR) is 108 cm³/mol. The largest absolute Gasteiger partial charge is 0.444 e. The van der Waals surface area contributed by atoms with Crippen molar-refractivity contribution in [2.24, 2.45) is 5.92 Å². The van der Waals surface area contributed by atoms with Gasteiger partial charge in [0.2, 0.25) is 0 Å². The second kappa shape index (κ2) is 7.32. The van der Waals surface area contributed by atoms with Crippen molar-refractivity contribution in [2.45, 2.75) is 57.8 Å². The first-order valence-corrected chi connectivity index (χ1v) is 10.3. The molecule has 152 valence electrons. The van der Waals surface area contributed by atoms with Crippen molar-refractivity contribution >= 4 is 11.8 Å². The first-order valence-electron chi connectivity index (χ1n) is 10.3. The fraction of sp³-hybridized carbons (Fsp3) is 0.591. The fourth-order valence-electron chi connectivity index (χ4n) is 4.58. The molecule has 0 aliphatic carbocycles. The Morgan fingerprint density at radius 1 is 1.29 bits per heavy atom. The van der Waals surface area contributed by atoms with E-state index < -0.39 is 5.60 Å². The molecular formula is C22H31N3O3. The van der Waals surface area contributed by atoms with E-state index >= 15 is 0 Å². The van der Waals surface area contributed by atoms with E-state index in [-0.39, 0.29) is 24.2 Å². The summed E-state index contributed by atoms with van der Waals surface area (Å²) >= 11 is 0. The molecule has 3 heterocycles. The summed E-state index contributed by atoms with van der Waals surface area (Å²) in [5.41, 5.74) is 3.33. The van der Waals surface area contributed by atoms with Gasteiger partial charge in [-0.15, -0.1) is 0 Å². The lowest BCUT2D eigenvalue weighted by Crippen LogP contribution is -2.44. The first-order chi connectivity index (χ1) is 13.3. The Labute approximate surface area is 167 Å². The number of amides is 1. The molecule has 2 N–H and O–H groups in total. The van der Waals surface area contributed by atoms with E-state index in [1.165, 1.54) is 16.8 Å². The van der Waals surface area contributed by atoms with E-state index in [1.54, 1.807) is 4.90 Å². The molecule has 2 atom stereocenters. The molecule has 1 saturated heterocycles. The predicted octanol–water partition coefficient (Wildman–Crippen LogP) is 3.30. The van der Waals surface area contributed by atoms with E-state index in [9.17, 15) is 9.90 Å². The smallest absolute Gasteiger partial charge is 0.410 e. The molecule has 6 nitrogen and oxygen atoms in total. The van der Waals surface area contributed by atoms with Crippen LogP contribution in [-0.2, 0) is 4.74 Å². The van der Waals surface area contributed by atoms with Crippen molar-refractivity contribution in [3.05, 3.63) is 41.6 Å². The van der Waals surface area contributed by atoms with Crippen LogP contribution < -0.4 is 5.32 Å². The topological polar surface area (TPSA) is 65.0 Å². The first kappa shape index (κ1) is 19.1. The van der Waals surface area contributed by atoms with Crippen LogP contribution in [0.15, 0.2) is 30.5 Å². The molecule has 0 aromatic heterocycles. The number of fused-ring (bicyclic) bond motifs is 3. The van der Waals surface area contributed by atoms with Gasteiger partial charge in [-0.3, -0.25) is 0 Å². The van der Waals surface area contributed by atoms with Crippen LogP contribution >= 0.6 is 0 Å². The number of ether oxygens (including phenoxy) is 1. The Kier molecular flexibility index (Phi) is 5.00. The highest BCUT2D eigenvalue weighted by Gasteiger charge is 2.38. The van der Waals surface area contributed by atoms with Gasteiger partial charge in [0.1, 0.15) is 5.60 Å². The molecule has 4 rings (SSSR count). The molecule has 1 amide bonds. The van der Waals surface area contributed by atoms with Crippen LogP contribution in [0.1, 0.15) is 57.2 Å². The zero-order valence-corrected chi connectivity index (χ0v) is 17.0. The third kappa shape index (κ3) is 3.70. The minimum Gasteiger partial charge on any atom is -0.444 e. The maximum atomic E-state index is 12.3. The van der Waals surface area contributed by atoms with Gasteiger partial charge in [-0.1, -0.05) is 24.3 Å². The van der Waals surface area contributed by atoms with Gasteiger partial charge in [0.05, 0.1) is 24.5 Å². The average Bonchev–Trinajstić information content (AvgIpc) is 3.23. The van der Waals surface area contributed by atoms with Crippen molar-refractivity contribution in [3.63, 3.8) is 0 Å². The number of likely N-dealkylation sites (tertiary alicyclic amines) is 1. The zero-order chi connectivity index (χ0) is 19.9. The zero-order valence-electron chi connectivity index (χ0n) is 17.0. The summed E-state index contributed by atoms with van der Waals surface area (Å²) in [5.74, 6) is 0.217. The molecule has 0 unspecified atom stereocenters. The minimum atomic E-state index is -0.474. The van der Waals surface area contributed by atoms with Gasteiger partial charge in [-0.25, -0.2) is 4.79 Å². The quantitative estimate of drug-likeness (QED) is 0.836. The average molecular weight is 386 g/mol. The minimum absolute atomic E-state index is 0.205. The summed E-state index contributed by atoms with van der Waals surface area (Å²) < 4.78 is 5.47. The molecule has 0 spiro atoms. The summed E-state index contributed by atoms with van der Waals surface area (Å²) in [6, 6.07) is 8.69. The molecule has 28 heavy (non-hydrogen) atoms. The summed E-state index contributed by atoms with van der Waals surface area (Å²) in [5, 5.41) is 14.3. The van der Waals surface area contributed by atoms with Gasteiger partial charge in [-0.05, 0) is 51.5 Å². The fourth-order valence-corrected chi connectivity index (χ4v) is 4.58. The monoisotopic (exact) mass is 385 g/mol. The van der Waals surface area contributed by atoms with Crippen molar-refractivity contribution in [2.75, 3.05) is 19.8 Å². The number of hydrogen-bond acceptors (Lipinski definition) is 5. The molecule has 3 aliphatic heterocycles. The number of benzene rings is 1. The summed E-state index contributed by atoms with van der Waals surface area (Å²) in [6.07, 6.45) is 3.80. The third-order valence-corrected chi connectivity index (χ3v) is 5.98. The molecule has 1 aromatic carbocycles. The number of carbonyl (C=O) groups is 1. The number of nitrogens with zero attached hydrogens (tertiary/aromatic N) is 2. The SMILES string of the molecule is CC(C)(C)OC(=O)N1CCC([C@@H](O)C[C@@H]2c3ccccc3C3=CNCN32)CC1. The molecule has 0 saturated carbocycles.